The van der Waals surface area contributed by atoms with Crippen LogP contribution in [0.4, 0.5) is 0 Å². The van der Waals surface area contributed by atoms with Crippen LogP contribution in [0, 0.1) is 11.3 Å². The molecular weight excluding hydrogens is 130 g/mol. The lowest BCUT2D eigenvalue weighted by Crippen LogP contribution is -2.48. The SMILES string of the molecule is C[C@]12CN[C@H](C1)[C@H]2C(=O)O. The highest BCUT2D eigenvalue weighted by Crippen LogP contribution is 2.51. The van der Waals surface area contributed by atoms with Crippen molar-refractivity contribution < 1.29 is 9.90 Å². The molecule has 0 unspecified atom stereocenters. The van der Waals surface area contributed by atoms with Crippen molar-refractivity contribution in [3.05, 3.63) is 0 Å². The maximum atomic E-state index is 10.6. The number of carboxylic acid groups (broad SMARTS) is 1. The first kappa shape index (κ1) is 6.16. The van der Waals surface area contributed by atoms with E-state index in [1.807, 2.05) is 6.92 Å². The molecule has 0 amide bonds. The molecule has 0 aromatic carbocycles. The third kappa shape index (κ3) is 0.515. The molecule has 1 aliphatic carbocycles. The molecule has 0 spiro atoms. The molecule has 0 aromatic rings. The summed E-state index contributed by atoms with van der Waals surface area (Å²) in [6.45, 7) is 2.93. The Morgan fingerprint density at radius 2 is 2.50 bits per heavy atom. The second-order valence-corrected chi connectivity index (χ2v) is 3.66. The first-order valence-corrected chi connectivity index (χ1v) is 3.60. The van der Waals surface area contributed by atoms with Gasteiger partial charge in [-0.25, -0.2) is 0 Å². The first-order valence-electron chi connectivity index (χ1n) is 3.60. The Labute approximate surface area is 59.4 Å². The van der Waals surface area contributed by atoms with Crippen LogP contribution in [0.15, 0.2) is 0 Å². The minimum Gasteiger partial charge on any atom is -0.481 e. The molecule has 3 atom stereocenters. The summed E-state index contributed by atoms with van der Waals surface area (Å²) < 4.78 is 0. The molecule has 2 N–H and O–H groups in total. The number of rotatable bonds is 1. The van der Waals surface area contributed by atoms with E-state index in [0.29, 0.717) is 0 Å². The van der Waals surface area contributed by atoms with Crippen LogP contribution in [0.5, 0.6) is 0 Å². The van der Waals surface area contributed by atoms with Gasteiger partial charge < -0.3 is 10.4 Å². The smallest absolute Gasteiger partial charge is 0.308 e. The second-order valence-electron chi connectivity index (χ2n) is 3.66. The number of fused-ring (bicyclic) bond motifs is 1. The van der Waals surface area contributed by atoms with Gasteiger partial charge in [-0.2, -0.15) is 0 Å². The molecule has 2 heterocycles. The van der Waals surface area contributed by atoms with E-state index in [0.717, 1.165) is 13.0 Å². The predicted molar refractivity (Wildman–Crippen MR) is 35.6 cm³/mol. The summed E-state index contributed by atoms with van der Waals surface area (Å²) in [6, 6.07) is 0.266. The highest BCUT2D eigenvalue weighted by Gasteiger charge is 2.59. The van der Waals surface area contributed by atoms with Gasteiger partial charge in [0.15, 0.2) is 0 Å². The van der Waals surface area contributed by atoms with Crippen LogP contribution in [0.3, 0.4) is 0 Å². The molecule has 3 fully saturated rings. The van der Waals surface area contributed by atoms with E-state index in [-0.39, 0.29) is 17.4 Å². The van der Waals surface area contributed by atoms with Crippen molar-refractivity contribution in [2.24, 2.45) is 11.3 Å². The topological polar surface area (TPSA) is 49.3 Å². The van der Waals surface area contributed by atoms with Crippen LogP contribution >= 0.6 is 0 Å². The molecule has 3 rings (SSSR count). The molecule has 56 valence electrons. The van der Waals surface area contributed by atoms with Gasteiger partial charge in [0.25, 0.3) is 0 Å². The van der Waals surface area contributed by atoms with Crippen LogP contribution in [0.25, 0.3) is 0 Å². The number of aliphatic carboxylic acids is 1. The monoisotopic (exact) mass is 141 g/mol. The highest BCUT2D eigenvalue weighted by atomic mass is 16.4. The average molecular weight is 141 g/mol. The molecule has 3 nitrogen and oxygen atoms in total. The molecule has 0 radical (unpaired) electrons. The Hall–Kier alpha value is -0.570. The minimum atomic E-state index is -0.635. The number of hydrogen-bond donors (Lipinski definition) is 2. The van der Waals surface area contributed by atoms with Crippen LogP contribution in [-0.4, -0.2) is 23.7 Å². The molecular formula is C7H11NO2. The summed E-state index contributed by atoms with van der Waals surface area (Å²) in [7, 11) is 0. The zero-order valence-electron chi connectivity index (χ0n) is 5.92. The lowest BCUT2D eigenvalue weighted by molar-refractivity contribution is -0.150. The normalized spacial score (nSPS) is 50.5. The van der Waals surface area contributed by atoms with Gasteiger partial charge in [0, 0.05) is 12.6 Å². The van der Waals surface area contributed by atoms with E-state index in [1.165, 1.54) is 0 Å². The second kappa shape index (κ2) is 1.53. The van der Waals surface area contributed by atoms with E-state index in [4.69, 9.17) is 5.11 Å². The molecule has 2 bridgehead atoms. The van der Waals surface area contributed by atoms with Gasteiger partial charge in [0.2, 0.25) is 0 Å². The average Bonchev–Trinajstić information content (AvgIpc) is 2.20. The Kier molecular flexibility index (Phi) is 0.944. The van der Waals surface area contributed by atoms with E-state index in [2.05, 4.69) is 5.32 Å². The molecule has 1 saturated carbocycles. The van der Waals surface area contributed by atoms with Gasteiger partial charge in [-0.05, 0) is 11.8 Å². The molecule has 2 saturated heterocycles. The maximum Gasteiger partial charge on any atom is 0.308 e. The van der Waals surface area contributed by atoms with E-state index >= 15 is 0 Å². The van der Waals surface area contributed by atoms with E-state index in [9.17, 15) is 4.79 Å². The number of carbonyl (C=O) groups is 1. The lowest BCUT2D eigenvalue weighted by Gasteiger charge is -2.40. The molecule has 10 heavy (non-hydrogen) atoms. The van der Waals surface area contributed by atoms with Gasteiger partial charge >= 0.3 is 5.97 Å². The Morgan fingerprint density at radius 3 is 2.70 bits per heavy atom. The van der Waals surface area contributed by atoms with Gasteiger partial charge in [0.05, 0.1) is 5.92 Å². The summed E-state index contributed by atoms with van der Waals surface area (Å²) in [5, 5.41) is 11.9. The number of carboxylic acids is 1. The molecule has 2 aliphatic heterocycles. The molecule has 3 heteroatoms. The largest absolute Gasteiger partial charge is 0.481 e. The highest BCUT2D eigenvalue weighted by molar-refractivity contribution is 5.74. The summed E-state index contributed by atoms with van der Waals surface area (Å²) >= 11 is 0. The van der Waals surface area contributed by atoms with Crippen molar-refractivity contribution >= 4 is 5.97 Å². The number of nitrogens with one attached hydrogen (secondary N) is 1. The number of hydrogen-bond acceptors (Lipinski definition) is 2. The predicted octanol–water partition coefficient (Wildman–Crippen LogP) is 0.0690. The van der Waals surface area contributed by atoms with Crippen molar-refractivity contribution in [2.75, 3.05) is 6.54 Å². The Bertz CT molecular complexity index is 188. The summed E-state index contributed by atoms with van der Waals surface area (Å²) in [6.07, 6.45) is 1.05. The summed E-state index contributed by atoms with van der Waals surface area (Å²) in [5.41, 5.74) is 0.0660. The first-order chi connectivity index (χ1) is 4.63. The molecule has 0 aromatic heterocycles. The van der Waals surface area contributed by atoms with Crippen LogP contribution in [0.1, 0.15) is 13.3 Å². The van der Waals surface area contributed by atoms with Gasteiger partial charge in [0.1, 0.15) is 0 Å². The van der Waals surface area contributed by atoms with Gasteiger partial charge in [-0.1, -0.05) is 6.92 Å². The van der Waals surface area contributed by atoms with Crippen molar-refractivity contribution in [2.45, 2.75) is 19.4 Å². The maximum absolute atomic E-state index is 10.6. The third-order valence-electron chi connectivity index (χ3n) is 2.87. The van der Waals surface area contributed by atoms with Crippen LogP contribution < -0.4 is 5.32 Å². The van der Waals surface area contributed by atoms with Crippen molar-refractivity contribution in [1.29, 1.82) is 0 Å². The van der Waals surface area contributed by atoms with E-state index in [1.54, 1.807) is 0 Å². The zero-order chi connectivity index (χ0) is 7.35. The standard InChI is InChI=1S/C7H11NO2/c1-7-2-4(8-3-7)5(7)6(9)10/h4-5,8H,2-3H2,1H3,(H,9,10)/t4-,5+,7-/m1/s1. The lowest BCUT2D eigenvalue weighted by atomic mass is 9.62. The Balaban J connectivity index is 2.20. The van der Waals surface area contributed by atoms with Crippen LogP contribution in [-0.2, 0) is 4.79 Å². The quantitative estimate of drug-likeness (QED) is 0.543. The molecule has 3 aliphatic rings. The summed E-state index contributed by atoms with van der Waals surface area (Å²) in [5.74, 6) is -0.753. The fourth-order valence-corrected chi connectivity index (χ4v) is 2.28. The fraction of sp³-hybridized carbons (Fsp3) is 0.857. The zero-order valence-corrected chi connectivity index (χ0v) is 5.92. The van der Waals surface area contributed by atoms with Gasteiger partial charge in [-0.15, -0.1) is 0 Å². The minimum absolute atomic E-state index is 0.0660. The van der Waals surface area contributed by atoms with Crippen molar-refractivity contribution in [3.63, 3.8) is 0 Å². The van der Waals surface area contributed by atoms with Crippen molar-refractivity contribution in [1.82, 2.24) is 5.32 Å². The van der Waals surface area contributed by atoms with Crippen molar-refractivity contribution in [3.8, 4) is 0 Å². The Morgan fingerprint density at radius 1 is 1.80 bits per heavy atom. The third-order valence-corrected chi connectivity index (χ3v) is 2.87. The van der Waals surface area contributed by atoms with E-state index < -0.39 is 5.97 Å². The summed E-state index contributed by atoms with van der Waals surface area (Å²) in [4.78, 5) is 10.6. The fourth-order valence-electron chi connectivity index (χ4n) is 2.28. The van der Waals surface area contributed by atoms with Gasteiger partial charge in [-0.3, -0.25) is 4.79 Å². The van der Waals surface area contributed by atoms with Crippen LogP contribution in [0.2, 0.25) is 0 Å².